The maximum Gasteiger partial charge on any atom is 0.238 e. The van der Waals surface area contributed by atoms with Crippen LogP contribution in [0.25, 0.3) is 0 Å². The van der Waals surface area contributed by atoms with E-state index in [1.165, 1.54) is 18.2 Å². The monoisotopic (exact) mass is 375 g/mol. The number of rotatable bonds is 3. The highest BCUT2D eigenvalue weighted by Gasteiger charge is 2.12. The summed E-state index contributed by atoms with van der Waals surface area (Å²) >= 11 is 9.33. The maximum absolute atomic E-state index is 11.2. The molecule has 0 spiro atoms. The summed E-state index contributed by atoms with van der Waals surface area (Å²) in [5.41, 5.74) is 1.02. The first-order valence-corrected chi connectivity index (χ1v) is 8.25. The van der Waals surface area contributed by atoms with Gasteiger partial charge in [-0.05, 0) is 58.7 Å². The van der Waals surface area contributed by atoms with Crippen molar-refractivity contribution in [2.24, 2.45) is 5.14 Å². The summed E-state index contributed by atoms with van der Waals surface area (Å²) < 4.78 is 28.6. The highest BCUT2D eigenvalue weighted by Crippen LogP contribution is 2.35. The second-order valence-corrected chi connectivity index (χ2v) is 7.00. The van der Waals surface area contributed by atoms with Gasteiger partial charge in [0.2, 0.25) is 10.0 Å². The maximum atomic E-state index is 11.2. The topological polar surface area (TPSA) is 69.4 Å². The number of ether oxygens (including phenoxy) is 1. The van der Waals surface area contributed by atoms with Crippen molar-refractivity contribution in [3.05, 3.63) is 51.5 Å². The molecule has 0 aliphatic rings. The van der Waals surface area contributed by atoms with Crippen LogP contribution in [0.3, 0.4) is 0 Å². The number of aryl methyl sites for hydroxylation is 1. The van der Waals surface area contributed by atoms with E-state index in [9.17, 15) is 8.42 Å². The van der Waals surface area contributed by atoms with Gasteiger partial charge < -0.3 is 4.74 Å². The summed E-state index contributed by atoms with van der Waals surface area (Å²) in [6.07, 6.45) is 0. The fourth-order valence-corrected chi connectivity index (χ4v) is 2.97. The SMILES string of the molecule is Cc1ccc(Oc2ccc(S(N)(=O)=O)cc2Br)c(Cl)c1. The third-order valence-electron chi connectivity index (χ3n) is 2.54. The predicted octanol–water partition coefficient (Wildman–Crippen LogP) is 3.85. The van der Waals surface area contributed by atoms with Crippen molar-refractivity contribution >= 4 is 37.6 Å². The van der Waals surface area contributed by atoms with Gasteiger partial charge >= 0.3 is 0 Å². The van der Waals surface area contributed by atoms with Gasteiger partial charge in [0, 0.05) is 0 Å². The Morgan fingerprint density at radius 2 is 1.80 bits per heavy atom. The van der Waals surface area contributed by atoms with E-state index in [0.29, 0.717) is 21.0 Å². The molecule has 0 bridgehead atoms. The average Bonchev–Trinajstić information content (AvgIpc) is 2.33. The van der Waals surface area contributed by atoms with Crippen LogP contribution in [0.4, 0.5) is 0 Å². The van der Waals surface area contributed by atoms with Crippen LogP contribution in [0, 0.1) is 6.92 Å². The molecule has 0 atom stereocenters. The van der Waals surface area contributed by atoms with Crippen molar-refractivity contribution in [3.8, 4) is 11.5 Å². The molecule has 0 radical (unpaired) electrons. The predicted molar refractivity (Wildman–Crippen MR) is 81.8 cm³/mol. The molecule has 0 saturated carbocycles. The average molecular weight is 377 g/mol. The Kier molecular flexibility index (Phi) is 4.39. The van der Waals surface area contributed by atoms with Gasteiger partial charge in [0.15, 0.2) is 0 Å². The van der Waals surface area contributed by atoms with Crippen LogP contribution in [0.2, 0.25) is 5.02 Å². The standard InChI is InChI=1S/C13H11BrClNO3S/c1-8-2-4-13(11(15)6-8)19-12-5-3-9(7-10(12)14)20(16,17)18/h2-7H,1H3,(H2,16,17,18). The van der Waals surface area contributed by atoms with Crippen molar-refractivity contribution in [1.29, 1.82) is 0 Å². The summed E-state index contributed by atoms with van der Waals surface area (Å²) in [5.74, 6) is 0.935. The minimum absolute atomic E-state index is 0.00623. The second kappa shape index (κ2) is 5.73. The van der Waals surface area contributed by atoms with Crippen LogP contribution in [-0.2, 0) is 10.0 Å². The lowest BCUT2D eigenvalue weighted by atomic mass is 10.2. The van der Waals surface area contributed by atoms with Crippen LogP contribution < -0.4 is 9.88 Å². The molecule has 0 aliphatic carbocycles. The summed E-state index contributed by atoms with van der Waals surface area (Å²) in [7, 11) is -3.74. The molecule has 0 aromatic heterocycles. The lowest BCUT2D eigenvalue weighted by Gasteiger charge is -2.10. The lowest BCUT2D eigenvalue weighted by Crippen LogP contribution is -2.11. The van der Waals surface area contributed by atoms with Crippen molar-refractivity contribution in [3.63, 3.8) is 0 Å². The molecule has 7 heteroatoms. The first kappa shape index (κ1) is 15.3. The van der Waals surface area contributed by atoms with Gasteiger partial charge in [-0.15, -0.1) is 0 Å². The zero-order valence-corrected chi connectivity index (χ0v) is 13.6. The zero-order valence-electron chi connectivity index (χ0n) is 10.4. The molecule has 2 rings (SSSR count). The molecule has 0 fully saturated rings. The summed E-state index contributed by atoms with van der Waals surface area (Å²) in [4.78, 5) is 0.00623. The molecular formula is C13H11BrClNO3S. The van der Waals surface area contributed by atoms with Gasteiger partial charge in [0.05, 0.1) is 14.4 Å². The minimum Gasteiger partial charge on any atom is -0.455 e. The molecule has 0 aliphatic heterocycles. The number of halogens is 2. The van der Waals surface area contributed by atoms with Gasteiger partial charge in [-0.25, -0.2) is 13.6 Å². The highest BCUT2D eigenvalue weighted by atomic mass is 79.9. The summed E-state index contributed by atoms with van der Waals surface area (Å²) in [5, 5.41) is 5.54. The van der Waals surface area contributed by atoms with Crippen LogP contribution in [0.1, 0.15) is 5.56 Å². The summed E-state index contributed by atoms with van der Waals surface area (Å²) in [6, 6.07) is 9.67. The normalized spacial score (nSPS) is 11.4. The molecule has 2 aromatic carbocycles. The highest BCUT2D eigenvalue weighted by molar-refractivity contribution is 9.10. The summed E-state index contributed by atoms with van der Waals surface area (Å²) in [6.45, 7) is 1.92. The van der Waals surface area contributed by atoms with Crippen LogP contribution in [0.15, 0.2) is 45.8 Å². The Balaban J connectivity index is 2.35. The number of hydrogen-bond acceptors (Lipinski definition) is 3. The van der Waals surface area contributed by atoms with Gasteiger partial charge in [0.1, 0.15) is 11.5 Å². The number of nitrogens with two attached hydrogens (primary N) is 1. The van der Waals surface area contributed by atoms with E-state index in [1.54, 1.807) is 12.1 Å². The molecule has 4 nitrogen and oxygen atoms in total. The number of sulfonamides is 1. The van der Waals surface area contributed by atoms with Gasteiger partial charge in [-0.2, -0.15) is 0 Å². The van der Waals surface area contributed by atoms with E-state index in [0.717, 1.165) is 5.56 Å². The van der Waals surface area contributed by atoms with E-state index < -0.39 is 10.0 Å². The number of benzene rings is 2. The first-order valence-electron chi connectivity index (χ1n) is 5.54. The molecule has 0 unspecified atom stereocenters. The minimum atomic E-state index is -3.74. The third kappa shape index (κ3) is 3.52. The molecule has 2 N–H and O–H groups in total. The quantitative estimate of drug-likeness (QED) is 0.884. The van der Waals surface area contributed by atoms with Crippen molar-refractivity contribution in [2.45, 2.75) is 11.8 Å². The van der Waals surface area contributed by atoms with Crippen molar-refractivity contribution in [2.75, 3.05) is 0 Å². The fraction of sp³-hybridized carbons (Fsp3) is 0.0769. The van der Waals surface area contributed by atoms with Crippen LogP contribution >= 0.6 is 27.5 Å². The zero-order chi connectivity index (χ0) is 14.9. The fourth-order valence-electron chi connectivity index (χ4n) is 1.55. The number of hydrogen-bond donors (Lipinski definition) is 1. The first-order chi connectivity index (χ1) is 9.27. The molecule has 0 heterocycles. The van der Waals surface area contributed by atoms with E-state index in [-0.39, 0.29) is 4.90 Å². The van der Waals surface area contributed by atoms with Crippen molar-refractivity contribution in [1.82, 2.24) is 0 Å². The molecular weight excluding hydrogens is 366 g/mol. The molecule has 0 saturated heterocycles. The van der Waals surface area contributed by atoms with Gasteiger partial charge in [-0.3, -0.25) is 0 Å². The Morgan fingerprint density at radius 3 is 2.35 bits per heavy atom. The lowest BCUT2D eigenvalue weighted by molar-refractivity contribution is 0.479. The molecule has 0 amide bonds. The Labute approximate surface area is 130 Å². The van der Waals surface area contributed by atoms with Crippen molar-refractivity contribution < 1.29 is 13.2 Å². The van der Waals surface area contributed by atoms with Crippen LogP contribution in [0.5, 0.6) is 11.5 Å². The van der Waals surface area contributed by atoms with E-state index in [1.807, 2.05) is 13.0 Å². The van der Waals surface area contributed by atoms with E-state index in [2.05, 4.69) is 15.9 Å². The molecule has 20 heavy (non-hydrogen) atoms. The molecule has 2 aromatic rings. The van der Waals surface area contributed by atoms with E-state index >= 15 is 0 Å². The Morgan fingerprint density at radius 1 is 1.15 bits per heavy atom. The smallest absolute Gasteiger partial charge is 0.238 e. The second-order valence-electron chi connectivity index (χ2n) is 4.17. The Hall–Kier alpha value is -1.08. The Bertz CT molecular complexity index is 762. The van der Waals surface area contributed by atoms with Gasteiger partial charge in [0.25, 0.3) is 0 Å². The van der Waals surface area contributed by atoms with Crippen LogP contribution in [-0.4, -0.2) is 8.42 Å². The van der Waals surface area contributed by atoms with E-state index in [4.69, 9.17) is 21.5 Å². The number of primary sulfonamides is 1. The third-order valence-corrected chi connectivity index (χ3v) is 4.37. The van der Waals surface area contributed by atoms with Gasteiger partial charge in [-0.1, -0.05) is 17.7 Å². The largest absolute Gasteiger partial charge is 0.455 e. The molecule has 106 valence electrons.